The third kappa shape index (κ3) is 2.72. The van der Waals surface area contributed by atoms with Gasteiger partial charge in [-0.3, -0.25) is 4.68 Å². The molecule has 2 aromatic rings. The molecule has 1 heterocycles. The van der Waals surface area contributed by atoms with Crippen molar-refractivity contribution in [3.63, 3.8) is 0 Å². The van der Waals surface area contributed by atoms with E-state index in [1.54, 1.807) is 17.8 Å². The Hall–Kier alpha value is -2.10. The zero-order valence-electron chi connectivity index (χ0n) is 9.63. The van der Waals surface area contributed by atoms with Crippen LogP contribution in [-0.4, -0.2) is 20.9 Å². The first kappa shape index (κ1) is 11.4. The van der Waals surface area contributed by atoms with E-state index in [4.69, 9.17) is 5.11 Å². The third-order valence-corrected chi connectivity index (χ3v) is 2.71. The Balaban J connectivity index is 2.07. The molecule has 17 heavy (non-hydrogen) atoms. The summed E-state index contributed by atoms with van der Waals surface area (Å²) in [5.41, 5.74) is 2.28. The summed E-state index contributed by atoms with van der Waals surface area (Å²) in [6, 6.07) is 11.7. The predicted octanol–water partition coefficient (Wildman–Crippen LogP) is 1.90. The molecule has 0 fully saturated rings. The number of carboxylic acid groups (broad SMARTS) is 1. The van der Waals surface area contributed by atoms with Crippen molar-refractivity contribution >= 4 is 5.97 Å². The van der Waals surface area contributed by atoms with E-state index in [0.717, 1.165) is 18.5 Å². The van der Waals surface area contributed by atoms with Crippen molar-refractivity contribution in [2.75, 3.05) is 0 Å². The largest absolute Gasteiger partial charge is 0.476 e. The number of nitrogens with zero attached hydrogens (tertiary/aromatic N) is 2. The minimum atomic E-state index is -0.980. The number of carboxylic acids is 1. The van der Waals surface area contributed by atoms with Gasteiger partial charge in [-0.2, -0.15) is 5.10 Å². The van der Waals surface area contributed by atoms with Crippen molar-refractivity contribution in [1.82, 2.24) is 9.78 Å². The highest BCUT2D eigenvalue weighted by molar-refractivity contribution is 5.85. The van der Waals surface area contributed by atoms with Crippen LogP contribution in [0.25, 0.3) is 0 Å². The normalized spacial score (nSPS) is 10.4. The van der Waals surface area contributed by atoms with E-state index in [-0.39, 0.29) is 5.69 Å². The number of hydrogen-bond donors (Lipinski definition) is 1. The minimum Gasteiger partial charge on any atom is -0.476 e. The second-order valence-corrected chi connectivity index (χ2v) is 3.94. The molecule has 0 bridgehead atoms. The maximum atomic E-state index is 10.8. The van der Waals surface area contributed by atoms with Crippen molar-refractivity contribution in [3.05, 3.63) is 53.3 Å². The first-order valence-electron chi connectivity index (χ1n) is 5.47. The summed E-state index contributed by atoms with van der Waals surface area (Å²) >= 11 is 0. The van der Waals surface area contributed by atoms with Crippen molar-refractivity contribution < 1.29 is 9.90 Å². The van der Waals surface area contributed by atoms with E-state index in [2.05, 4.69) is 17.2 Å². The van der Waals surface area contributed by atoms with Gasteiger partial charge in [0.05, 0.1) is 0 Å². The van der Waals surface area contributed by atoms with Gasteiger partial charge in [0, 0.05) is 12.7 Å². The maximum absolute atomic E-state index is 10.8. The molecule has 0 spiro atoms. The van der Waals surface area contributed by atoms with Gasteiger partial charge in [-0.05, 0) is 24.5 Å². The average Bonchev–Trinajstić information content (AvgIpc) is 2.70. The molecule has 4 nitrogen and oxygen atoms in total. The summed E-state index contributed by atoms with van der Waals surface area (Å²) in [6.07, 6.45) is 1.68. The summed E-state index contributed by atoms with van der Waals surface area (Å²) in [5, 5.41) is 12.8. The highest BCUT2D eigenvalue weighted by atomic mass is 16.4. The number of benzene rings is 1. The van der Waals surface area contributed by atoms with E-state index in [0.29, 0.717) is 0 Å². The standard InChI is InChI=1S/C13H14N2O2/c1-15-11(9-12(14-15)13(16)17)8-7-10-5-3-2-4-6-10/h2-6,9H,7-8H2,1H3,(H,16,17). The number of rotatable bonds is 4. The van der Waals surface area contributed by atoms with Crippen LogP contribution in [0.5, 0.6) is 0 Å². The van der Waals surface area contributed by atoms with Gasteiger partial charge >= 0.3 is 5.97 Å². The van der Waals surface area contributed by atoms with Gasteiger partial charge in [0.2, 0.25) is 0 Å². The molecule has 1 N–H and O–H groups in total. The van der Waals surface area contributed by atoms with Crippen LogP contribution in [0.4, 0.5) is 0 Å². The Morgan fingerprint density at radius 2 is 2.00 bits per heavy atom. The van der Waals surface area contributed by atoms with Crippen molar-refractivity contribution in [3.8, 4) is 0 Å². The molecular formula is C13H14N2O2. The molecule has 0 radical (unpaired) electrons. The molecule has 0 atom stereocenters. The second kappa shape index (κ2) is 4.82. The summed E-state index contributed by atoms with van der Waals surface area (Å²) in [6.45, 7) is 0. The SMILES string of the molecule is Cn1nc(C(=O)O)cc1CCc1ccccc1. The quantitative estimate of drug-likeness (QED) is 0.872. The number of carbonyl (C=O) groups is 1. The molecule has 0 aliphatic carbocycles. The lowest BCUT2D eigenvalue weighted by molar-refractivity contribution is 0.0689. The molecule has 88 valence electrons. The van der Waals surface area contributed by atoms with Crippen LogP contribution in [0.3, 0.4) is 0 Å². The molecule has 0 unspecified atom stereocenters. The summed E-state index contributed by atoms with van der Waals surface area (Å²) < 4.78 is 1.63. The molecular weight excluding hydrogens is 216 g/mol. The van der Waals surface area contributed by atoms with E-state index in [1.807, 2.05) is 18.2 Å². The van der Waals surface area contributed by atoms with Crippen molar-refractivity contribution in [1.29, 1.82) is 0 Å². The van der Waals surface area contributed by atoms with E-state index in [1.165, 1.54) is 5.56 Å². The fourth-order valence-corrected chi connectivity index (χ4v) is 1.76. The van der Waals surface area contributed by atoms with Crippen LogP contribution in [0, 0.1) is 0 Å². The van der Waals surface area contributed by atoms with Crippen LogP contribution < -0.4 is 0 Å². The summed E-state index contributed by atoms with van der Waals surface area (Å²) in [5.74, 6) is -0.980. The Kier molecular flexibility index (Phi) is 3.23. The maximum Gasteiger partial charge on any atom is 0.356 e. The molecule has 0 aliphatic heterocycles. The zero-order valence-corrected chi connectivity index (χ0v) is 9.63. The molecule has 0 saturated carbocycles. The fraction of sp³-hybridized carbons (Fsp3) is 0.231. The van der Waals surface area contributed by atoms with Crippen molar-refractivity contribution in [2.24, 2.45) is 7.05 Å². The van der Waals surface area contributed by atoms with Gasteiger partial charge in [0.25, 0.3) is 0 Å². The highest BCUT2D eigenvalue weighted by Gasteiger charge is 2.10. The molecule has 0 amide bonds. The molecule has 0 aliphatic rings. The monoisotopic (exact) mass is 230 g/mol. The van der Waals surface area contributed by atoms with Crippen LogP contribution in [0.1, 0.15) is 21.7 Å². The Bertz CT molecular complexity index is 517. The minimum absolute atomic E-state index is 0.107. The van der Waals surface area contributed by atoms with Crippen molar-refractivity contribution in [2.45, 2.75) is 12.8 Å². The van der Waals surface area contributed by atoms with Crippen LogP contribution in [-0.2, 0) is 19.9 Å². The van der Waals surface area contributed by atoms with Gasteiger partial charge in [-0.25, -0.2) is 4.79 Å². The predicted molar refractivity (Wildman–Crippen MR) is 64.0 cm³/mol. The molecule has 4 heteroatoms. The highest BCUT2D eigenvalue weighted by Crippen LogP contribution is 2.08. The second-order valence-electron chi connectivity index (χ2n) is 3.94. The first-order valence-corrected chi connectivity index (χ1v) is 5.47. The average molecular weight is 230 g/mol. The lowest BCUT2D eigenvalue weighted by Crippen LogP contribution is -2.01. The first-order chi connectivity index (χ1) is 8.16. The van der Waals surface area contributed by atoms with E-state index in [9.17, 15) is 4.79 Å². The lowest BCUT2D eigenvalue weighted by Gasteiger charge is -2.01. The summed E-state index contributed by atoms with van der Waals surface area (Å²) in [4.78, 5) is 10.8. The van der Waals surface area contributed by atoms with Gasteiger partial charge in [0.15, 0.2) is 5.69 Å². The Morgan fingerprint density at radius 1 is 1.29 bits per heavy atom. The van der Waals surface area contributed by atoms with E-state index < -0.39 is 5.97 Å². The van der Waals surface area contributed by atoms with E-state index >= 15 is 0 Å². The number of aryl methyl sites for hydroxylation is 3. The Labute approximate surface area is 99.5 Å². The van der Waals surface area contributed by atoms with Crippen LogP contribution in [0.2, 0.25) is 0 Å². The number of hydrogen-bond acceptors (Lipinski definition) is 2. The fourth-order valence-electron chi connectivity index (χ4n) is 1.76. The Morgan fingerprint density at radius 3 is 2.59 bits per heavy atom. The molecule has 2 rings (SSSR count). The zero-order chi connectivity index (χ0) is 12.3. The smallest absolute Gasteiger partial charge is 0.356 e. The number of aromatic nitrogens is 2. The van der Waals surface area contributed by atoms with Crippen LogP contribution >= 0.6 is 0 Å². The topological polar surface area (TPSA) is 55.1 Å². The third-order valence-electron chi connectivity index (χ3n) is 2.71. The number of aromatic carboxylic acids is 1. The molecule has 0 saturated heterocycles. The van der Waals surface area contributed by atoms with Gasteiger partial charge in [0.1, 0.15) is 0 Å². The van der Waals surface area contributed by atoms with Gasteiger partial charge < -0.3 is 5.11 Å². The van der Waals surface area contributed by atoms with Gasteiger partial charge in [-0.15, -0.1) is 0 Å². The molecule has 1 aromatic carbocycles. The lowest BCUT2D eigenvalue weighted by atomic mass is 10.1. The summed E-state index contributed by atoms with van der Waals surface area (Å²) in [7, 11) is 1.77. The van der Waals surface area contributed by atoms with Crippen LogP contribution in [0.15, 0.2) is 36.4 Å². The molecule has 1 aromatic heterocycles. The van der Waals surface area contributed by atoms with Gasteiger partial charge in [-0.1, -0.05) is 30.3 Å².